The lowest BCUT2D eigenvalue weighted by molar-refractivity contribution is -0.131. The van der Waals surface area contributed by atoms with E-state index in [1.54, 1.807) is 24.5 Å². The van der Waals surface area contributed by atoms with Crippen molar-refractivity contribution in [3.8, 4) is 11.4 Å². The van der Waals surface area contributed by atoms with Gasteiger partial charge in [-0.3, -0.25) is 14.6 Å². The molecule has 2 amide bonds. The van der Waals surface area contributed by atoms with Gasteiger partial charge in [-0.15, -0.1) is 0 Å². The highest BCUT2D eigenvalue weighted by atomic mass is 16.5. The summed E-state index contributed by atoms with van der Waals surface area (Å²) >= 11 is 0. The minimum atomic E-state index is -0.143. The number of rotatable bonds is 8. The average molecular weight is 435 g/mol. The third kappa shape index (κ3) is 5.69. The van der Waals surface area contributed by atoms with Crippen LogP contribution in [0.5, 0.6) is 0 Å². The highest BCUT2D eigenvalue weighted by Gasteiger charge is 2.21. The lowest BCUT2D eigenvalue weighted by atomic mass is 10.2. The second-order valence-corrected chi connectivity index (χ2v) is 7.55. The molecule has 0 unspecified atom stereocenters. The average Bonchev–Trinajstić information content (AvgIpc) is 3.33. The number of carbonyl (C=O) groups is 2. The molecule has 166 valence electrons. The molecule has 0 bridgehead atoms. The Morgan fingerprint density at radius 2 is 1.72 bits per heavy atom. The highest BCUT2D eigenvalue weighted by molar-refractivity contribution is 5.79. The van der Waals surface area contributed by atoms with E-state index in [2.05, 4.69) is 37.5 Å². The number of nitrogens with one attached hydrogen (secondary N) is 1. The van der Waals surface area contributed by atoms with Gasteiger partial charge in [0.2, 0.25) is 23.5 Å². The van der Waals surface area contributed by atoms with Crippen molar-refractivity contribution in [1.82, 2.24) is 25.3 Å². The van der Waals surface area contributed by atoms with Crippen LogP contribution in [0.3, 0.4) is 0 Å². The van der Waals surface area contributed by atoms with Crippen molar-refractivity contribution in [2.45, 2.75) is 19.3 Å². The van der Waals surface area contributed by atoms with Gasteiger partial charge in [0.1, 0.15) is 0 Å². The number of hydrogen-bond donors (Lipinski definition) is 1. The molecule has 3 aromatic rings. The Hall–Kier alpha value is -3.75. The normalized spacial score (nSPS) is 13.8. The van der Waals surface area contributed by atoms with Crippen LogP contribution in [0.4, 0.5) is 5.69 Å². The van der Waals surface area contributed by atoms with Gasteiger partial charge >= 0.3 is 0 Å². The van der Waals surface area contributed by atoms with E-state index < -0.39 is 0 Å². The number of hydrogen-bond acceptors (Lipinski definition) is 7. The van der Waals surface area contributed by atoms with Crippen LogP contribution in [0.2, 0.25) is 0 Å². The first-order valence-electron chi connectivity index (χ1n) is 10.8. The Labute approximate surface area is 186 Å². The summed E-state index contributed by atoms with van der Waals surface area (Å²) in [6.07, 6.45) is 4.18. The zero-order chi connectivity index (χ0) is 22.2. The first kappa shape index (κ1) is 21.5. The summed E-state index contributed by atoms with van der Waals surface area (Å²) in [5, 5.41) is 6.73. The molecule has 1 fully saturated rings. The maximum absolute atomic E-state index is 12.5. The van der Waals surface area contributed by atoms with Crippen molar-refractivity contribution in [2.75, 3.05) is 37.6 Å². The molecule has 1 saturated heterocycles. The van der Waals surface area contributed by atoms with Crippen LogP contribution < -0.4 is 10.2 Å². The topological polar surface area (TPSA) is 104 Å². The Balaban J connectivity index is 1.13. The maximum atomic E-state index is 12.5. The molecular weight excluding hydrogens is 408 g/mol. The lowest BCUT2D eigenvalue weighted by Gasteiger charge is -2.36. The summed E-state index contributed by atoms with van der Waals surface area (Å²) in [4.78, 5) is 37.0. The SMILES string of the molecule is O=C(CCc1nc(-c2ccncc2)no1)NCCC(=O)N1CCN(c2ccccc2)CC1. The molecule has 1 aliphatic rings. The second-order valence-electron chi connectivity index (χ2n) is 7.55. The van der Waals surface area contributed by atoms with Crippen molar-refractivity contribution in [2.24, 2.45) is 0 Å². The number of aromatic nitrogens is 3. The molecule has 3 heterocycles. The highest BCUT2D eigenvalue weighted by Crippen LogP contribution is 2.16. The molecule has 1 N–H and O–H groups in total. The number of aryl methyl sites for hydroxylation is 1. The minimum absolute atomic E-state index is 0.0666. The van der Waals surface area contributed by atoms with Gasteiger partial charge in [0.25, 0.3) is 0 Å². The first-order valence-corrected chi connectivity index (χ1v) is 10.8. The Morgan fingerprint density at radius 1 is 0.969 bits per heavy atom. The number of anilines is 1. The van der Waals surface area contributed by atoms with Crippen LogP contribution in [0, 0.1) is 0 Å². The van der Waals surface area contributed by atoms with Crippen molar-refractivity contribution in [1.29, 1.82) is 0 Å². The molecule has 0 radical (unpaired) electrons. The van der Waals surface area contributed by atoms with E-state index in [0.29, 0.717) is 44.2 Å². The fourth-order valence-electron chi connectivity index (χ4n) is 3.60. The van der Waals surface area contributed by atoms with Gasteiger partial charge in [-0.05, 0) is 24.3 Å². The number of nitrogens with zero attached hydrogens (tertiary/aromatic N) is 5. The van der Waals surface area contributed by atoms with Gasteiger partial charge in [0.15, 0.2) is 0 Å². The smallest absolute Gasteiger partial charge is 0.227 e. The van der Waals surface area contributed by atoms with Crippen LogP contribution >= 0.6 is 0 Å². The standard InChI is InChI=1S/C23H26N6O3/c30-20(6-7-21-26-23(27-32-21)18-8-11-24-12-9-18)25-13-10-22(31)29-16-14-28(15-17-29)19-4-2-1-3-5-19/h1-5,8-9,11-12H,6-7,10,13-17H2,(H,25,30). The van der Waals surface area contributed by atoms with Gasteiger partial charge in [-0.1, -0.05) is 23.4 Å². The third-order valence-electron chi connectivity index (χ3n) is 5.39. The van der Waals surface area contributed by atoms with Gasteiger partial charge in [0.05, 0.1) is 0 Å². The maximum Gasteiger partial charge on any atom is 0.227 e. The fraction of sp³-hybridized carbons (Fsp3) is 0.348. The summed E-state index contributed by atoms with van der Waals surface area (Å²) in [6.45, 7) is 3.33. The predicted octanol–water partition coefficient (Wildman–Crippen LogP) is 1.92. The molecule has 32 heavy (non-hydrogen) atoms. The van der Waals surface area contributed by atoms with E-state index in [-0.39, 0.29) is 18.2 Å². The van der Waals surface area contributed by atoms with Crippen molar-refractivity contribution in [3.63, 3.8) is 0 Å². The predicted molar refractivity (Wildman–Crippen MR) is 119 cm³/mol. The van der Waals surface area contributed by atoms with E-state index in [9.17, 15) is 9.59 Å². The van der Waals surface area contributed by atoms with Gasteiger partial charge in [-0.25, -0.2) is 0 Å². The van der Waals surface area contributed by atoms with Gasteiger partial charge in [-0.2, -0.15) is 4.98 Å². The van der Waals surface area contributed by atoms with Crippen molar-refractivity contribution < 1.29 is 14.1 Å². The van der Waals surface area contributed by atoms with E-state index in [1.807, 2.05) is 23.1 Å². The number of amides is 2. The Bertz CT molecular complexity index is 1020. The number of piperazine rings is 1. The van der Waals surface area contributed by atoms with Crippen molar-refractivity contribution in [3.05, 3.63) is 60.7 Å². The number of pyridine rings is 1. The number of carbonyl (C=O) groups excluding carboxylic acids is 2. The molecule has 0 aliphatic carbocycles. The molecular formula is C23H26N6O3. The van der Waals surface area contributed by atoms with E-state index in [1.165, 1.54) is 5.69 Å². The van der Waals surface area contributed by atoms with Crippen molar-refractivity contribution >= 4 is 17.5 Å². The summed E-state index contributed by atoms with van der Waals surface area (Å²) in [6, 6.07) is 13.8. The third-order valence-corrected chi connectivity index (χ3v) is 5.39. The van der Waals surface area contributed by atoms with Crippen LogP contribution in [-0.2, 0) is 16.0 Å². The molecule has 0 saturated carbocycles. The second kappa shape index (κ2) is 10.5. The lowest BCUT2D eigenvalue weighted by Crippen LogP contribution is -2.49. The Morgan fingerprint density at radius 3 is 2.47 bits per heavy atom. The summed E-state index contributed by atoms with van der Waals surface area (Å²) in [5.74, 6) is 0.798. The molecule has 1 aliphatic heterocycles. The van der Waals surface area contributed by atoms with Crippen LogP contribution in [0.15, 0.2) is 59.4 Å². The molecule has 9 nitrogen and oxygen atoms in total. The molecule has 0 atom stereocenters. The minimum Gasteiger partial charge on any atom is -0.368 e. The van der Waals surface area contributed by atoms with Gasteiger partial charge in [0, 0.05) is 75.6 Å². The summed E-state index contributed by atoms with van der Waals surface area (Å²) < 4.78 is 5.21. The van der Waals surface area contributed by atoms with Gasteiger partial charge < -0.3 is 19.6 Å². The van der Waals surface area contributed by atoms with Crippen LogP contribution in [-0.4, -0.2) is 64.6 Å². The quantitative estimate of drug-likeness (QED) is 0.577. The largest absolute Gasteiger partial charge is 0.368 e. The van der Waals surface area contributed by atoms with E-state index in [4.69, 9.17) is 4.52 Å². The summed E-state index contributed by atoms with van der Waals surface area (Å²) in [5.41, 5.74) is 1.99. The van der Waals surface area contributed by atoms with E-state index in [0.717, 1.165) is 18.7 Å². The molecule has 0 spiro atoms. The zero-order valence-electron chi connectivity index (χ0n) is 17.8. The van der Waals surface area contributed by atoms with E-state index >= 15 is 0 Å². The molecule has 1 aromatic carbocycles. The number of benzene rings is 1. The molecule has 2 aromatic heterocycles. The Kier molecular flexibility index (Phi) is 7.06. The monoisotopic (exact) mass is 434 g/mol. The molecule has 4 rings (SSSR count). The van der Waals surface area contributed by atoms with Crippen LogP contribution in [0.25, 0.3) is 11.4 Å². The zero-order valence-corrected chi connectivity index (χ0v) is 17.8. The molecule has 9 heteroatoms. The summed E-state index contributed by atoms with van der Waals surface area (Å²) in [7, 11) is 0. The van der Waals surface area contributed by atoms with Crippen LogP contribution in [0.1, 0.15) is 18.7 Å². The number of para-hydroxylation sites is 1. The first-order chi connectivity index (χ1) is 15.7. The fourth-order valence-corrected chi connectivity index (χ4v) is 3.60.